The summed E-state index contributed by atoms with van der Waals surface area (Å²) in [5.41, 5.74) is 0.00325. The van der Waals surface area contributed by atoms with E-state index in [1.54, 1.807) is 6.92 Å². The number of carbonyl (C=O) groups is 1. The number of hydrogen-bond acceptors (Lipinski definition) is 2. The van der Waals surface area contributed by atoms with Crippen molar-refractivity contribution in [2.75, 3.05) is 0 Å². The maximum Gasteiger partial charge on any atom is 0.416 e. The first kappa shape index (κ1) is 14.8. The zero-order chi connectivity index (χ0) is 14.9. The molecule has 0 amide bonds. The number of carboxylic acids is 1. The number of benzene rings is 1. The van der Waals surface area contributed by atoms with Gasteiger partial charge in [0.05, 0.1) is 5.56 Å². The lowest BCUT2D eigenvalue weighted by Crippen LogP contribution is -2.40. The van der Waals surface area contributed by atoms with Gasteiger partial charge in [0.25, 0.3) is 0 Å². The summed E-state index contributed by atoms with van der Waals surface area (Å²) in [7, 11) is 0. The van der Waals surface area contributed by atoms with Gasteiger partial charge in [-0.3, -0.25) is 9.69 Å². The average molecular weight is 287 g/mol. The van der Waals surface area contributed by atoms with Crippen molar-refractivity contribution in [1.29, 1.82) is 0 Å². The Morgan fingerprint density at radius 1 is 1.35 bits per heavy atom. The van der Waals surface area contributed by atoms with E-state index in [1.165, 1.54) is 12.1 Å². The maximum absolute atomic E-state index is 12.5. The van der Waals surface area contributed by atoms with Gasteiger partial charge in [0.15, 0.2) is 0 Å². The van der Waals surface area contributed by atoms with Gasteiger partial charge in [-0.15, -0.1) is 0 Å². The Bertz CT molecular complexity index is 480. The van der Waals surface area contributed by atoms with Crippen molar-refractivity contribution >= 4 is 5.97 Å². The molecule has 110 valence electrons. The quantitative estimate of drug-likeness (QED) is 0.904. The molecule has 1 atom stereocenters. The first-order valence-electron chi connectivity index (χ1n) is 6.43. The summed E-state index contributed by atoms with van der Waals surface area (Å²) >= 11 is 0. The number of alkyl halides is 3. The molecule has 1 unspecified atom stereocenters. The van der Waals surface area contributed by atoms with Crippen LogP contribution in [0.25, 0.3) is 0 Å². The van der Waals surface area contributed by atoms with Crippen LogP contribution in [0.5, 0.6) is 0 Å². The van der Waals surface area contributed by atoms with Crippen molar-refractivity contribution in [1.82, 2.24) is 4.90 Å². The van der Waals surface area contributed by atoms with Gasteiger partial charge in [0.1, 0.15) is 6.04 Å². The molecule has 0 radical (unpaired) electrons. The van der Waals surface area contributed by atoms with E-state index in [-0.39, 0.29) is 6.04 Å². The van der Waals surface area contributed by atoms with Crippen LogP contribution >= 0.6 is 0 Å². The van der Waals surface area contributed by atoms with Crippen LogP contribution < -0.4 is 0 Å². The summed E-state index contributed by atoms with van der Waals surface area (Å²) in [6.07, 6.45) is -2.46. The van der Waals surface area contributed by atoms with E-state index in [4.69, 9.17) is 5.11 Å². The summed E-state index contributed by atoms with van der Waals surface area (Å²) < 4.78 is 37.4. The normalized spacial score (nSPS) is 17.2. The van der Waals surface area contributed by atoms with Gasteiger partial charge in [-0.25, -0.2) is 0 Å². The van der Waals surface area contributed by atoms with Gasteiger partial charge in [-0.05, 0) is 37.5 Å². The maximum atomic E-state index is 12.5. The highest BCUT2D eigenvalue weighted by molar-refractivity contribution is 5.73. The predicted octanol–water partition coefficient (Wildman–Crippen LogP) is 3.14. The van der Waals surface area contributed by atoms with Crippen LogP contribution in [-0.2, 0) is 17.5 Å². The zero-order valence-electron chi connectivity index (χ0n) is 11.0. The van der Waals surface area contributed by atoms with E-state index < -0.39 is 23.8 Å². The third-order valence-corrected chi connectivity index (χ3v) is 3.52. The standard InChI is InChI=1S/C14H16F3NO2/c1-9(13(19)20)18(12-6-7-12)8-10-2-4-11(5-3-10)14(15,16)17/h2-5,9,12H,6-8H2,1H3,(H,19,20). The van der Waals surface area contributed by atoms with Crippen LogP contribution in [-0.4, -0.2) is 28.1 Å². The van der Waals surface area contributed by atoms with Crippen molar-refractivity contribution in [3.63, 3.8) is 0 Å². The van der Waals surface area contributed by atoms with Crippen LogP contribution in [0.2, 0.25) is 0 Å². The van der Waals surface area contributed by atoms with Crippen LogP contribution in [0.1, 0.15) is 30.9 Å². The summed E-state index contributed by atoms with van der Waals surface area (Å²) in [4.78, 5) is 12.9. The molecule has 0 saturated heterocycles. The first-order valence-corrected chi connectivity index (χ1v) is 6.43. The minimum absolute atomic E-state index is 0.225. The fraction of sp³-hybridized carbons (Fsp3) is 0.500. The van der Waals surface area contributed by atoms with Crippen molar-refractivity contribution in [2.45, 2.75) is 44.6 Å². The molecule has 6 heteroatoms. The molecular weight excluding hydrogens is 271 g/mol. The zero-order valence-corrected chi connectivity index (χ0v) is 11.0. The van der Waals surface area contributed by atoms with Crippen molar-refractivity contribution in [3.8, 4) is 0 Å². The lowest BCUT2D eigenvalue weighted by atomic mass is 10.1. The second kappa shape index (κ2) is 5.44. The lowest BCUT2D eigenvalue weighted by Gasteiger charge is -2.26. The fourth-order valence-corrected chi connectivity index (χ4v) is 2.14. The van der Waals surface area contributed by atoms with Crippen LogP contribution in [0.3, 0.4) is 0 Å². The largest absolute Gasteiger partial charge is 0.480 e. The highest BCUT2D eigenvalue weighted by atomic mass is 19.4. The molecule has 0 aromatic heterocycles. The molecular formula is C14H16F3NO2. The summed E-state index contributed by atoms with van der Waals surface area (Å²) in [6.45, 7) is 1.96. The Morgan fingerprint density at radius 2 is 1.90 bits per heavy atom. The molecule has 0 spiro atoms. The minimum atomic E-state index is -4.34. The molecule has 0 heterocycles. The van der Waals surface area contributed by atoms with E-state index >= 15 is 0 Å². The van der Waals surface area contributed by atoms with Gasteiger partial charge in [0, 0.05) is 12.6 Å². The van der Waals surface area contributed by atoms with E-state index in [1.807, 2.05) is 4.90 Å². The molecule has 1 aliphatic carbocycles. The van der Waals surface area contributed by atoms with Gasteiger partial charge in [-0.1, -0.05) is 12.1 Å². The Hall–Kier alpha value is -1.56. The van der Waals surface area contributed by atoms with Gasteiger partial charge < -0.3 is 5.11 Å². The second-order valence-corrected chi connectivity index (χ2v) is 5.11. The second-order valence-electron chi connectivity index (χ2n) is 5.11. The molecule has 1 N–H and O–H groups in total. The van der Waals surface area contributed by atoms with Gasteiger partial charge in [0.2, 0.25) is 0 Å². The van der Waals surface area contributed by atoms with Crippen molar-refractivity contribution < 1.29 is 23.1 Å². The minimum Gasteiger partial charge on any atom is -0.480 e. The number of carboxylic acid groups (broad SMARTS) is 1. The molecule has 20 heavy (non-hydrogen) atoms. The number of rotatable bonds is 5. The van der Waals surface area contributed by atoms with Crippen molar-refractivity contribution in [2.24, 2.45) is 0 Å². The van der Waals surface area contributed by atoms with E-state index in [9.17, 15) is 18.0 Å². The third-order valence-electron chi connectivity index (χ3n) is 3.52. The monoisotopic (exact) mass is 287 g/mol. The van der Waals surface area contributed by atoms with Gasteiger partial charge >= 0.3 is 12.1 Å². The SMILES string of the molecule is CC(C(=O)O)N(Cc1ccc(C(F)(F)F)cc1)C1CC1. The number of nitrogens with zero attached hydrogens (tertiary/aromatic N) is 1. The summed E-state index contributed by atoms with van der Waals surface area (Å²) in [5.74, 6) is -0.913. The van der Waals surface area contributed by atoms with Gasteiger partial charge in [-0.2, -0.15) is 13.2 Å². The molecule has 3 nitrogen and oxygen atoms in total. The topological polar surface area (TPSA) is 40.5 Å². The molecule has 0 bridgehead atoms. The highest BCUT2D eigenvalue weighted by Gasteiger charge is 2.35. The molecule has 1 saturated carbocycles. The van der Waals surface area contributed by atoms with Crippen LogP contribution in [0.15, 0.2) is 24.3 Å². The summed E-state index contributed by atoms with van der Waals surface area (Å²) in [5, 5.41) is 9.07. The molecule has 1 fully saturated rings. The molecule has 0 aliphatic heterocycles. The molecule has 1 aromatic rings. The Kier molecular flexibility index (Phi) is 4.04. The number of hydrogen-bond donors (Lipinski definition) is 1. The Labute approximate surface area is 115 Å². The lowest BCUT2D eigenvalue weighted by molar-refractivity contribution is -0.143. The van der Waals surface area contributed by atoms with E-state index in [0.29, 0.717) is 12.1 Å². The van der Waals surface area contributed by atoms with Crippen LogP contribution in [0.4, 0.5) is 13.2 Å². The molecule has 1 aliphatic rings. The fourth-order valence-electron chi connectivity index (χ4n) is 2.14. The number of aliphatic carboxylic acids is 1. The highest BCUT2D eigenvalue weighted by Crippen LogP contribution is 2.32. The average Bonchev–Trinajstić information content (AvgIpc) is 3.18. The molecule has 1 aromatic carbocycles. The first-order chi connectivity index (χ1) is 9.29. The number of halogens is 3. The van der Waals surface area contributed by atoms with E-state index in [2.05, 4.69) is 0 Å². The smallest absolute Gasteiger partial charge is 0.416 e. The summed E-state index contributed by atoms with van der Waals surface area (Å²) in [6, 6.07) is 4.48. The Morgan fingerprint density at radius 3 is 2.30 bits per heavy atom. The predicted molar refractivity (Wildman–Crippen MR) is 67.1 cm³/mol. The van der Waals surface area contributed by atoms with Crippen molar-refractivity contribution in [3.05, 3.63) is 35.4 Å². The van der Waals surface area contributed by atoms with Crippen LogP contribution in [0, 0.1) is 0 Å². The van der Waals surface area contributed by atoms with E-state index in [0.717, 1.165) is 25.0 Å². The third kappa shape index (κ3) is 3.50. The molecule has 2 rings (SSSR count). The Balaban J connectivity index is 2.09.